The van der Waals surface area contributed by atoms with Gasteiger partial charge in [-0.2, -0.15) is 5.26 Å². The van der Waals surface area contributed by atoms with Crippen LogP contribution in [0.2, 0.25) is 0 Å². The number of primary amides is 1. The highest BCUT2D eigenvalue weighted by molar-refractivity contribution is 5.86. The number of aromatic nitrogens is 1. The summed E-state index contributed by atoms with van der Waals surface area (Å²) in [4.78, 5) is 28.3. The van der Waals surface area contributed by atoms with Crippen molar-refractivity contribution < 1.29 is 4.79 Å². The first kappa shape index (κ1) is 27.4. The SMILES string of the molecule is [C-]#[N+]c1c(N2CCCN(CCCN3CCCC3)CC2)nc(N[C@@H](C(N)=O)c2ccccc2)c(C#N)c1CC. The van der Waals surface area contributed by atoms with Crippen LogP contribution in [0.1, 0.15) is 55.3 Å². The Hall–Kier alpha value is -3.66. The summed E-state index contributed by atoms with van der Waals surface area (Å²) in [6, 6.07) is 10.6. The highest BCUT2D eigenvalue weighted by Crippen LogP contribution is 2.38. The molecular weight excluding hydrogens is 476 g/mol. The second-order valence-electron chi connectivity index (χ2n) is 10.0. The number of anilines is 2. The molecule has 38 heavy (non-hydrogen) atoms. The van der Waals surface area contributed by atoms with Gasteiger partial charge in [0.2, 0.25) is 11.6 Å². The highest BCUT2D eigenvalue weighted by atomic mass is 16.1. The number of nitriles is 1. The summed E-state index contributed by atoms with van der Waals surface area (Å²) in [6.07, 6.45) is 5.29. The number of hydrogen-bond acceptors (Lipinski definition) is 7. The first-order valence-electron chi connectivity index (χ1n) is 13.7. The molecule has 1 aromatic carbocycles. The van der Waals surface area contributed by atoms with E-state index in [1.165, 1.54) is 32.4 Å². The van der Waals surface area contributed by atoms with E-state index in [-0.39, 0.29) is 0 Å². The van der Waals surface area contributed by atoms with Crippen molar-refractivity contribution in [3.8, 4) is 6.07 Å². The van der Waals surface area contributed by atoms with E-state index in [1.807, 2.05) is 37.3 Å². The molecule has 4 rings (SSSR count). The number of nitrogens with two attached hydrogens (primary N) is 1. The predicted molar refractivity (Wildman–Crippen MR) is 150 cm³/mol. The Morgan fingerprint density at radius 1 is 1.11 bits per heavy atom. The van der Waals surface area contributed by atoms with Gasteiger partial charge < -0.3 is 25.8 Å². The summed E-state index contributed by atoms with van der Waals surface area (Å²) in [5, 5.41) is 13.2. The molecule has 3 N–H and O–H groups in total. The second kappa shape index (κ2) is 13.2. The lowest BCUT2D eigenvalue weighted by molar-refractivity contribution is -0.118. The molecule has 0 aliphatic carbocycles. The molecule has 0 spiro atoms. The quantitative estimate of drug-likeness (QED) is 0.466. The summed E-state index contributed by atoms with van der Waals surface area (Å²) >= 11 is 0. The van der Waals surface area contributed by atoms with Crippen LogP contribution < -0.4 is 16.0 Å². The van der Waals surface area contributed by atoms with Crippen molar-refractivity contribution in [3.63, 3.8) is 0 Å². The third-order valence-electron chi connectivity index (χ3n) is 7.56. The van der Waals surface area contributed by atoms with E-state index in [4.69, 9.17) is 17.3 Å². The van der Waals surface area contributed by atoms with Gasteiger partial charge in [-0.25, -0.2) is 9.83 Å². The molecule has 2 fully saturated rings. The molecule has 9 nitrogen and oxygen atoms in total. The van der Waals surface area contributed by atoms with Crippen molar-refractivity contribution >= 4 is 23.2 Å². The van der Waals surface area contributed by atoms with Gasteiger partial charge in [-0.3, -0.25) is 4.79 Å². The van der Waals surface area contributed by atoms with Gasteiger partial charge in [-0.05, 0) is 76.0 Å². The Bertz CT molecular complexity index is 1180. The monoisotopic (exact) mass is 514 g/mol. The Labute approximate surface area is 226 Å². The van der Waals surface area contributed by atoms with Crippen LogP contribution in [-0.4, -0.2) is 73.0 Å². The summed E-state index contributed by atoms with van der Waals surface area (Å²) in [5.41, 5.74) is 7.81. The van der Waals surface area contributed by atoms with E-state index in [9.17, 15) is 10.1 Å². The number of nitrogens with zero attached hydrogens (tertiary/aromatic N) is 6. The summed E-state index contributed by atoms with van der Waals surface area (Å²) in [5.74, 6) is 0.315. The van der Waals surface area contributed by atoms with Crippen LogP contribution in [0.3, 0.4) is 0 Å². The number of rotatable bonds is 10. The fourth-order valence-electron chi connectivity index (χ4n) is 5.55. The maximum Gasteiger partial charge on any atom is 0.244 e. The van der Waals surface area contributed by atoms with Gasteiger partial charge >= 0.3 is 0 Å². The molecule has 2 saturated heterocycles. The zero-order valence-corrected chi connectivity index (χ0v) is 22.3. The number of carbonyl (C=O) groups excluding carboxylic acids is 1. The van der Waals surface area contributed by atoms with Crippen molar-refractivity contribution in [1.29, 1.82) is 5.26 Å². The number of hydrogen-bond donors (Lipinski definition) is 2. The Balaban J connectivity index is 1.57. The molecule has 0 saturated carbocycles. The normalized spacial score (nSPS) is 17.4. The topological polar surface area (TPSA) is 106 Å². The van der Waals surface area contributed by atoms with Crippen molar-refractivity contribution in [2.75, 3.05) is 62.6 Å². The average molecular weight is 515 g/mol. The molecule has 9 heteroatoms. The number of nitrogens with one attached hydrogen (secondary N) is 1. The van der Waals surface area contributed by atoms with Crippen molar-refractivity contribution in [1.82, 2.24) is 14.8 Å². The molecule has 0 unspecified atom stereocenters. The molecule has 0 radical (unpaired) electrons. The van der Waals surface area contributed by atoms with Crippen LogP contribution >= 0.6 is 0 Å². The van der Waals surface area contributed by atoms with Gasteiger partial charge in [0, 0.05) is 19.6 Å². The summed E-state index contributed by atoms with van der Waals surface area (Å²) in [6.45, 7) is 18.0. The van der Waals surface area contributed by atoms with Crippen LogP contribution in [0.5, 0.6) is 0 Å². The van der Waals surface area contributed by atoms with Gasteiger partial charge in [0.05, 0.1) is 12.1 Å². The fourth-order valence-corrected chi connectivity index (χ4v) is 5.55. The maximum atomic E-state index is 12.4. The van der Waals surface area contributed by atoms with Crippen molar-refractivity contribution in [2.24, 2.45) is 5.73 Å². The lowest BCUT2D eigenvalue weighted by Crippen LogP contribution is -2.33. The van der Waals surface area contributed by atoms with Gasteiger partial charge in [0.1, 0.15) is 23.7 Å². The van der Waals surface area contributed by atoms with E-state index in [1.54, 1.807) is 0 Å². The second-order valence-corrected chi connectivity index (χ2v) is 10.0. The first-order chi connectivity index (χ1) is 18.5. The standard InChI is InChI=1S/C29H38N8O/c1-3-23-24(21-30)28(33-25(27(31)38)22-11-5-4-6-12-22)34-29(26(23)32-2)37-18-10-17-36(19-20-37)16-9-15-35-13-7-8-14-35/h4-6,11-12,25H,3,7-10,13-20H2,1H3,(H2,31,38)(H,33,34)/t25-/m1/s1. The molecule has 1 atom stereocenters. The van der Waals surface area contributed by atoms with Gasteiger partial charge in [0.25, 0.3) is 0 Å². The number of benzene rings is 1. The average Bonchev–Trinajstić information content (AvgIpc) is 3.35. The zero-order valence-electron chi connectivity index (χ0n) is 22.3. The molecule has 2 aliphatic rings. The van der Waals surface area contributed by atoms with Crippen LogP contribution in [0.4, 0.5) is 17.3 Å². The Morgan fingerprint density at radius 3 is 2.42 bits per heavy atom. The van der Waals surface area contributed by atoms with Crippen LogP contribution in [0.25, 0.3) is 4.85 Å². The molecule has 0 bridgehead atoms. The van der Waals surface area contributed by atoms with Crippen molar-refractivity contribution in [3.05, 3.63) is 58.4 Å². The molecule has 2 aliphatic heterocycles. The van der Waals surface area contributed by atoms with E-state index in [0.717, 1.165) is 45.7 Å². The minimum absolute atomic E-state index is 0.294. The molecule has 1 amide bonds. The fraction of sp³-hybridized carbons (Fsp3) is 0.517. The third-order valence-corrected chi connectivity index (χ3v) is 7.56. The van der Waals surface area contributed by atoms with Crippen LogP contribution in [0.15, 0.2) is 30.3 Å². The summed E-state index contributed by atoms with van der Waals surface area (Å²) in [7, 11) is 0. The lowest BCUT2D eigenvalue weighted by Gasteiger charge is -2.27. The van der Waals surface area contributed by atoms with E-state index in [2.05, 4.69) is 30.9 Å². The van der Waals surface area contributed by atoms with Gasteiger partial charge in [-0.15, -0.1) is 0 Å². The Kier molecular flexibility index (Phi) is 9.53. The minimum atomic E-state index is -0.845. The number of amides is 1. The summed E-state index contributed by atoms with van der Waals surface area (Å²) < 4.78 is 0. The Morgan fingerprint density at radius 2 is 1.79 bits per heavy atom. The molecule has 3 heterocycles. The molecule has 2 aromatic rings. The van der Waals surface area contributed by atoms with Gasteiger partial charge in [0.15, 0.2) is 0 Å². The molecular formula is C29H38N8O. The van der Waals surface area contributed by atoms with Crippen molar-refractivity contribution in [2.45, 2.75) is 45.1 Å². The number of pyridine rings is 1. The highest BCUT2D eigenvalue weighted by Gasteiger charge is 2.27. The number of carbonyl (C=O) groups is 1. The number of likely N-dealkylation sites (tertiary alicyclic amines) is 1. The maximum absolute atomic E-state index is 12.4. The van der Waals surface area contributed by atoms with E-state index in [0.29, 0.717) is 40.4 Å². The van der Waals surface area contributed by atoms with E-state index < -0.39 is 11.9 Å². The first-order valence-corrected chi connectivity index (χ1v) is 13.7. The smallest absolute Gasteiger partial charge is 0.244 e. The van der Waals surface area contributed by atoms with Crippen LogP contribution in [0, 0.1) is 17.9 Å². The molecule has 200 valence electrons. The molecule has 1 aromatic heterocycles. The van der Waals surface area contributed by atoms with Crippen LogP contribution in [-0.2, 0) is 11.2 Å². The third kappa shape index (κ3) is 6.42. The van der Waals surface area contributed by atoms with E-state index >= 15 is 0 Å². The lowest BCUT2D eigenvalue weighted by atomic mass is 10.0. The zero-order chi connectivity index (χ0) is 26.9. The van der Waals surface area contributed by atoms with Gasteiger partial charge in [-0.1, -0.05) is 37.3 Å². The minimum Gasteiger partial charge on any atom is -0.368 e. The predicted octanol–water partition coefficient (Wildman–Crippen LogP) is 3.70. The largest absolute Gasteiger partial charge is 0.368 e.